The van der Waals surface area contributed by atoms with E-state index >= 15 is 0 Å². The lowest BCUT2D eigenvalue weighted by Gasteiger charge is -2.22. The quantitative estimate of drug-likeness (QED) is 0.493. The van der Waals surface area contributed by atoms with Gasteiger partial charge in [-0.15, -0.1) is 13.2 Å². The molecule has 1 aliphatic carbocycles. The molecule has 0 aromatic carbocycles. The van der Waals surface area contributed by atoms with Crippen LogP contribution < -0.4 is 0 Å². The summed E-state index contributed by atoms with van der Waals surface area (Å²) in [6.45, 7) is 7.44. The third kappa shape index (κ3) is 5.71. The van der Waals surface area contributed by atoms with E-state index in [-0.39, 0.29) is 12.1 Å². The lowest BCUT2D eigenvalue weighted by Crippen LogP contribution is -2.22. The molecule has 2 nitrogen and oxygen atoms in total. The van der Waals surface area contributed by atoms with E-state index in [9.17, 15) is 4.79 Å². The molecule has 17 heavy (non-hydrogen) atoms. The number of carbonyl (C=O) groups is 1. The van der Waals surface area contributed by atoms with Gasteiger partial charge in [0, 0.05) is 6.42 Å². The van der Waals surface area contributed by atoms with Crippen molar-refractivity contribution < 1.29 is 9.53 Å². The number of carbonyl (C=O) groups excluding carboxylic acids is 1. The molecule has 1 fully saturated rings. The first-order valence-corrected chi connectivity index (χ1v) is 6.67. The largest absolute Gasteiger partial charge is 0.462 e. The van der Waals surface area contributed by atoms with Crippen LogP contribution in [0.4, 0.5) is 0 Å². The number of ether oxygens (including phenoxy) is 1. The summed E-state index contributed by atoms with van der Waals surface area (Å²) in [4.78, 5) is 11.8. The van der Waals surface area contributed by atoms with Crippen LogP contribution in [0.2, 0.25) is 0 Å². The zero-order valence-corrected chi connectivity index (χ0v) is 10.7. The average Bonchev–Trinajstić information content (AvgIpc) is 2.30. The molecule has 96 valence electrons. The average molecular weight is 236 g/mol. The maximum absolute atomic E-state index is 11.8. The SMILES string of the molecule is C=CCC(CC=C)CC(=O)OC1CCCCC1. The molecule has 0 radical (unpaired) electrons. The number of allylic oxidation sites excluding steroid dienone is 2. The lowest BCUT2D eigenvalue weighted by atomic mass is 9.96. The minimum absolute atomic E-state index is 0.0504. The summed E-state index contributed by atoms with van der Waals surface area (Å²) in [5.74, 6) is 0.256. The highest BCUT2D eigenvalue weighted by Gasteiger charge is 2.19. The van der Waals surface area contributed by atoms with Crippen molar-refractivity contribution in [1.82, 2.24) is 0 Å². The molecule has 0 amide bonds. The van der Waals surface area contributed by atoms with Crippen LogP contribution in [0.15, 0.2) is 25.3 Å². The van der Waals surface area contributed by atoms with Crippen LogP contribution >= 0.6 is 0 Å². The fourth-order valence-corrected chi connectivity index (χ4v) is 2.39. The van der Waals surface area contributed by atoms with Crippen molar-refractivity contribution in [1.29, 1.82) is 0 Å². The van der Waals surface area contributed by atoms with Crippen LogP contribution in [0.3, 0.4) is 0 Å². The van der Waals surface area contributed by atoms with E-state index in [1.807, 2.05) is 12.2 Å². The third-order valence-corrected chi connectivity index (χ3v) is 3.31. The van der Waals surface area contributed by atoms with Gasteiger partial charge in [0.2, 0.25) is 0 Å². The second-order valence-corrected chi connectivity index (χ2v) is 4.87. The van der Waals surface area contributed by atoms with E-state index in [1.165, 1.54) is 19.3 Å². The number of hydrogen-bond acceptors (Lipinski definition) is 2. The summed E-state index contributed by atoms with van der Waals surface area (Å²) in [5.41, 5.74) is 0. The highest BCUT2D eigenvalue weighted by molar-refractivity contribution is 5.69. The minimum atomic E-state index is -0.0504. The van der Waals surface area contributed by atoms with Gasteiger partial charge in [0.05, 0.1) is 0 Å². The van der Waals surface area contributed by atoms with Crippen LogP contribution in [0.25, 0.3) is 0 Å². The van der Waals surface area contributed by atoms with Crippen molar-refractivity contribution in [3.8, 4) is 0 Å². The van der Waals surface area contributed by atoms with Crippen molar-refractivity contribution in [2.75, 3.05) is 0 Å². The van der Waals surface area contributed by atoms with E-state index in [0.29, 0.717) is 12.3 Å². The lowest BCUT2D eigenvalue weighted by molar-refractivity contribution is -0.151. The Kier molecular flexibility index (Phi) is 6.68. The Balaban J connectivity index is 2.29. The van der Waals surface area contributed by atoms with Gasteiger partial charge < -0.3 is 4.74 Å². The predicted octanol–water partition coefficient (Wildman–Crippen LogP) is 4.02. The Bertz CT molecular complexity index is 242. The van der Waals surface area contributed by atoms with E-state index < -0.39 is 0 Å². The summed E-state index contributed by atoms with van der Waals surface area (Å²) in [5, 5.41) is 0. The molecule has 1 aliphatic rings. The van der Waals surface area contributed by atoms with Crippen LogP contribution in [0, 0.1) is 5.92 Å². The van der Waals surface area contributed by atoms with Gasteiger partial charge in [0.25, 0.3) is 0 Å². The van der Waals surface area contributed by atoms with Crippen molar-refractivity contribution in [3.05, 3.63) is 25.3 Å². The monoisotopic (exact) mass is 236 g/mol. The number of hydrogen-bond donors (Lipinski definition) is 0. The summed E-state index contributed by atoms with van der Waals surface area (Å²) >= 11 is 0. The topological polar surface area (TPSA) is 26.3 Å². The summed E-state index contributed by atoms with van der Waals surface area (Å²) in [7, 11) is 0. The van der Waals surface area contributed by atoms with Crippen molar-refractivity contribution in [2.45, 2.75) is 57.5 Å². The highest BCUT2D eigenvalue weighted by atomic mass is 16.5. The Hall–Kier alpha value is -1.05. The van der Waals surface area contributed by atoms with Gasteiger partial charge in [-0.25, -0.2) is 0 Å². The van der Waals surface area contributed by atoms with Gasteiger partial charge >= 0.3 is 5.97 Å². The maximum atomic E-state index is 11.8. The van der Waals surface area contributed by atoms with E-state index in [2.05, 4.69) is 13.2 Å². The molecular weight excluding hydrogens is 212 g/mol. The molecule has 0 N–H and O–H groups in total. The molecule has 0 bridgehead atoms. The summed E-state index contributed by atoms with van der Waals surface area (Å²) in [6, 6.07) is 0. The molecule has 0 heterocycles. The van der Waals surface area contributed by atoms with Gasteiger partial charge in [-0.05, 0) is 44.4 Å². The van der Waals surface area contributed by atoms with Crippen molar-refractivity contribution in [2.24, 2.45) is 5.92 Å². The smallest absolute Gasteiger partial charge is 0.306 e. The Labute approximate surface area is 105 Å². The molecule has 0 aromatic heterocycles. The fraction of sp³-hybridized carbons (Fsp3) is 0.667. The van der Waals surface area contributed by atoms with E-state index in [0.717, 1.165) is 25.7 Å². The van der Waals surface area contributed by atoms with Gasteiger partial charge in [-0.1, -0.05) is 18.6 Å². The molecular formula is C15H24O2. The Morgan fingerprint density at radius 3 is 2.29 bits per heavy atom. The second kappa shape index (κ2) is 8.10. The molecule has 0 unspecified atom stereocenters. The van der Waals surface area contributed by atoms with Gasteiger partial charge in [-0.3, -0.25) is 4.79 Å². The van der Waals surface area contributed by atoms with Crippen LogP contribution in [-0.4, -0.2) is 12.1 Å². The van der Waals surface area contributed by atoms with Crippen LogP contribution in [0.5, 0.6) is 0 Å². The van der Waals surface area contributed by atoms with E-state index in [4.69, 9.17) is 4.74 Å². The van der Waals surface area contributed by atoms with Gasteiger partial charge in [-0.2, -0.15) is 0 Å². The normalized spacial score (nSPS) is 16.8. The maximum Gasteiger partial charge on any atom is 0.306 e. The molecule has 2 heteroatoms. The first-order chi connectivity index (χ1) is 8.26. The summed E-state index contributed by atoms with van der Waals surface area (Å²) in [6.07, 6.45) is 11.9. The minimum Gasteiger partial charge on any atom is -0.462 e. The zero-order chi connectivity index (χ0) is 12.5. The molecule has 0 spiro atoms. The molecule has 1 rings (SSSR count). The first-order valence-electron chi connectivity index (χ1n) is 6.67. The van der Waals surface area contributed by atoms with Gasteiger partial charge in [0.15, 0.2) is 0 Å². The van der Waals surface area contributed by atoms with Gasteiger partial charge in [0.1, 0.15) is 6.10 Å². The zero-order valence-electron chi connectivity index (χ0n) is 10.7. The Morgan fingerprint density at radius 1 is 1.18 bits per heavy atom. The molecule has 0 aliphatic heterocycles. The van der Waals surface area contributed by atoms with E-state index in [1.54, 1.807) is 0 Å². The molecule has 0 atom stereocenters. The predicted molar refractivity (Wildman–Crippen MR) is 70.7 cm³/mol. The molecule has 0 saturated heterocycles. The standard InChI is InChI=1S/C15H24O2/c1-3-8-13(9-4-2)12-15(16)17-14-10-6-5-7-11-14/h3-4,13-14H,1-2,5-12H2. The molecule has 1 saturated carbocycles. The Morgan fingerprint density at radius 2 is 1.76 bits per heavy atom. The molecule has 0 aromatic rings. The number of esters is 1. The van der Waals surface area contributed by atoms with Crippen molar-refractivity contribution >= 4 is 5.97 Å². The number of rotatable bonds is 7. The highest BCUT2D eigenvalue weighted by Crippen LogP contribution is 2.22. The third-order valence-electron chi connectivity index (χ3n) is 3.31. The first kappa shape index (κ1) is 14.0. The van der Waals surface area contributed by atoms with Crippen molar-refractivity contribution in [3.63, 3.8) is 0 Å². The van der Waals surface area contributed by atoms with Crippen LogP contribution in [0.1, 0.15) is 51.4 Å². The fourth-order valence-electron chi connectivity index (χ4n) is 2.39. The summed E-state index contributed by atoms with van der Waals surface area (Å²) < 4.78 is 5.51. The van der Waals surface area contributed by atoms with Crippen LogP contribution in [-0.2, 0) is 9.53 Å². The second-order valence-electron chi connectivity index (χ2n) is 4.87.